The van der Waals surface area contributed by atoms with Crippen LogP contribution in [0.1, 0.15) is 36.5 Å². The second-order valence-electron chi connectivity index (χ2n) is 5.62. The molecule has 2 aromatic heterocycles. The van der Waals surface area contributed by atoms with E-state index in [2.05, 4.69) is 15.5 Å². The number of fused-ring (bicyclic) bond motifs is 1. The van der Waals surface area contributed by atoms with Crippen LogP contribution in [0.3, 0.4) is 0 Å². The van der Waals surface area contributed by atoms with E-state index in [-0.39, 0.29) is 17.8 Å². The maximum atomic E-state index is 12.0. The van der Waals surface area contributed by atoms with E-state index in [1.54, 1.807) is 7.11 Å². The second kappa shape index (κ2) is 6.35. The first-order valence-electron chi connectivity index (χ1n) is 7.75. The first kappa shape index (κ1) is 16.0. The third-order valence-corrected chi connectivity index (χ3v) is 3.96. The predicted octanol–water partition coefficient (Wildman–Crippen LogP) is 3.33. The van der Waals surface area contributed by atoms with Gasteiger partial charge in [-0.05, 0) is 38.5 Å². The van der Waals surface area contributed by atoms with Crippen LogP contribution in [0.15, 0.2) is 27.1 Å². The third-order valence-electron chi connectivity index (χ3n) is 3.96. The summed E-state index contributed by atoms with van der Waals surface area (Å²) in [5.41, 5.74) is 1.55. The molecule has 24 heavy (non-hydrogen) atoms. The minimum absolute atomic E-state index is 0.0354. The monoisotopic (exact) mass is 329 g/mol. The Morgan fingerprint density at radius 1 is 1.42 bits per heavy atom. The smallest absolute Gasteiger partial charge is 0.316 e. The van der Waals surface area contributed by atoms with Crippen molar-refractivity contribution >= 4 is 16.9 Å². The average Bonchev–Trinajstić information content (AvgIpc) is 3.19. The van der Waals surface area contributed by atoms with E-state index in [0.29, 0.717) is 11.3 Å². The van der Waals surface area contributed by atoms with Gasteiger partial charge >= 0.3 is 11.8 Å². The Labute approximate surface area is 139 Å². The molecule has 1 atom stereocenters. The number of nitrogens with one attached hydrogen (secondary N) is 1. The molecule has 1 N–H and O–H groups in total. The topological polar surface area (TPSA) is 90.4 Å². The average molecular weight is 329 g/mol. The van der Waals surface area contributed by atoms with Crippen LogP contribution in [0.25, 0.3) is 22.6 Å². The summed E-state index contributed by atoms with van der Waals surface area (Å²) in [5, 5.41) is 7.55. The molecule has 1 aromatic carbocycles. The number of hydrogen-bond donors (Lipinski definition) is 1. The Bertz CT molecular complexity index is 881. The van der Waals surface area contributed by atoms with E-state index in [9.17, 15) is 4.79 Å². The summed E-state index contributed by atoms with van der Waals surface area (Å²) in [7, 11) is 1.61. The Morgan fingerprint density at radius 3 is 2.92 bits per heavy atom. The molecule has 0 saturated heterocycles. The standard InChI is InChI=1S/C17H19N3O4/c1-5-9(2)18-16(21)17-19-15(20-24-17)14-10(3)12-8-11(22-4)6-7-13(12)23-14/h6-9H,5H2,1-4H3,(H,18,21)/t9-/m0/s1. The molecule has 1 amide bonds. The Kier molecular flexibility index (Phi) is 4.24. The Hall–Kier alpha value is -2.83. The molecule has 0 aliphatic carbocycles. The summed E-state index contributed by atoms with van der Waals surface area (Å²) in [6.07, 6.45) is 0.817. The van der Waals surface area contributed by atoms with E-state index >= 15 is 0 Å². The van der Waals surface area contributed by atoms with Crippen molar-refractivity contribution in [2.45, 2.75) is 33.2 Å². The molecule has 3 rings (SSSR count). The van der Waals surface area contributed by atoms with Crippen LogP contribution in [0.4, 0.5) is 0 Å². The van der Waals surface area contributed by atoms with Crippen LogP contribution >= 0.6 is 0 Å². The van der Waals surface area contributed by atoms with E-state index in [0.717, 1.165) is 23.1 Å². The fourth-order valence-corrected chi connectivity index (χ4v) is 2.34. The summed E-state index contributed by atoms with van der Waals surface area (Å²) in [6, 6.07) is 5.56. The molecule has 0 unspecified atom stereocenters. The molecule has 126 valence electrons. The zero-order valence-corrected chi connectivity index (χ0v) is 14.0. The highest BCUT2D eigenvalue weighted by Crippen LogP contribution is 2.33. The molecule has 0 bridgehead atoms. The molecule has 7 heteroatoms. The van der Waals surface area contributed by atoms with E-state index in [4.69, 9.17) is 13.7 Å². The van der Waals surface area contributed by atoms with Gasteiger partial charge in [0.15, 0.2) is 5.76 Å². The molecule has 0 spiro atoms. The first-order valence-corrected chi connectivity index (χ1v) is 7.75. The zero-order chi connectivity index (χ0) is 17.3. The van der Waals surface area contributed by atoms with Crippen LogP contribution in [0.5, 0.6) is 5.75 Å². The van der Waals surface area contributed by atoms with Gasteiger partial charge in [-0.15, -0.1) is 0 Å². The van der Waals surface area contributed by atoms with Crippen molar-refractivity contribution in [3.05, 3.63) is 29.7 Å². The number of rotatable bonds is 5. The number of furan rings is 1. The summed E-state index contributed by atoms with van der Waals surface area (Å²) in [4.78, 5) is 16.2. The fourth-order valence-electron chi connectivity index (χ4n) is 2.34. The number of nitrogens with zero attached hydrogens (tertiary/aromatic N) is 2. The van der Waals surface area contributed by atoms with Crippen molar-refractivity contribution < 1.29 is 18.5 Å². The summed E-state index contributed by atoms with van der Waals surface area (Å²) >= 11 is 0. The van der Waals surface area contributed by atoms with Crippen LogP contribution in [0, 0.1) is 6.92 Å². The molecular formula is C17H19N3O4. The number of ether oxygens (including phenoxy) is 1. The number of aromatic nitrogens is 2. The third kappa shape index (κ3) is 2.84. The number of hydrogen-bond acceptors (Lipinski definition) is 6. The number of benzene rings is 1. The number of methoxy groups -OCH3 is 1. The van der Waals surface area contributed by atoms with Gasteiger partial charge in [-0.1, -0.05) is 12.1 Å². The van der Waals surface area contributed by atoms with Gasteiger partial charge in [0.1, 0.15) is 11.3 Å². The van der Waals surface area contributed by atoms with Crippen LogP contribution in [-0.4, -0.2) is 29.2 Å². The lowest BCUT2D eigenvalue weighted by Gasteiger charge is -2.07. The van der Waals surface area contributed by atoms with Crippen molar-refractivity contribution in [2.24, 2.45) is 0 Å². The van der Waals surface area contributed by atoms with Gasteiger partial charge < -0.3 is 19.0 Å². The van der Waals surface area contributed by atoms with Gasteiger partial charge in [-0.2, -0.15) is 4.98 Å². The SMILES string of the molecule is CC[C@H](C)NC(=O)c1nc(-c2oc3ccc(OC)cc3c2C)no1. The number of aryl methyl sites for hydroxylation is 1. The lowest BCUT2D eigenvalue weighted by atomic mass is 10.1. The summed E-state index contributed by atoms with van der Waals surface area (Å²) in [6.45, 7) is 5.79. The zero-order valence-electron chi connectivity index (χ0n) is 14.0. The summed E-state index contributed by atoms with van der Waals surface area (Å²) in [5.74, 6) is 0.988. The maximum absolute atomic E-state index is 12.0. The first-order chi connectivity index (χ1) is 11.5. The van der Waals surface area contributed by atoms with Gasteiger partial charge in [-0.3, -0.25) is 4.79 Å². The predicted molar refractivity (Wildman–Crippen MR) is 88.0 cm³/mol. The molecule has 7 nitrogen and oxygen atoms in total. The highest BCUT2D eigenvalue weighted by atomic mass is 16.5. The molecule has 0 saturated carbocycles. The quantitative estimate of drug-likeness (QED) is 0.772. The van der Waals surface area contributed by atoms with Crippen molar-refractivity contribution in [3.63, 3.8) is 0 Å². The van der Waals surface area contributed by atoms with Gasteiger partial charge in [0.25, 0.3) is 0 Å². The highest BCUT2D eigenvalue weighted by molar-refractivity contribution is 5.91. The van der Waals surface area contributed by atoms with Gasteiger partial charge in [0, 0.05) is 17.0 Å². The highest BCUT2D eigenvalue weighted by Gasteiger charge is 2.22. The van der Waals surface area contributed by atoms with Gasteiger partial charge in [0.2, 0.25) is 5.82 Å². The van der Waals surface area contributed by atoms with E-state index in [1.807, 2.05) is 39.0 Å². The van der Waals surface area contributed by atoms with Crippen LogP contribution in [-0.2, 0) is 0 Å². The lowest BCUT2D eigenvalue weighted by molar-refractivity contribution is 0.0895. The Morgan fingerprint density at radius 2 is 2.21 bits per heavy atom. The number of carbonyl (C=O) groups excluding carboxylic acids is 1. The largest absolute Gasteiger partial charge is 0.497 e. The van der Waals surface area contributed by atoms with Crippen molar-refractivity contribution in [1.82, 2.24) is 15.5 Å². The Balaban J connectivity index is 1.94. The molecule has 0 aliphatic heterocycles. The number of amides is 1. The molecule has 3 aromatic rings. The van der Waals surface area contributed by atoms with Crippen LogP contribution < -0.4 is 10.1 Å². The van der Waals surface area contributed by atoms with E-state index in [1.165, 1.54) is 0 Å². The van der Waals surface area contributed by atoms with Crippen LogP contribution in [0.2, 0.25) is 0 Å². The van der Waals surface area contributed by atoms with Gasteiger partial charge in [0.05, 0.1) is 7.11 Å². The minimum Gasteiger partial charge on any atom is -0.497 e. The van der Waals surface area contributed by atoms with Gasteiger partial charge in [-0.25, -0.2) is 0 Å². The molecule has 0 radical (unpaired) electrons. The molecule has 2 heterocycles. The number of carbonyl (C=O) groups is 1. The normalized spacial score (nSPS) is 12.3. The fraction of sp³-hybridized carbons (Fsp3) is 0.353. The lowest BCUT2D eigenvalue weighted by Crippen LogP contribution is -2.32. The van der Waals surface area contributed by atoms with Crippen molar-refractivity contribution in [1.29, 1.82) is 0 Å². The van der Waals surface area contributed by atoms with E-state index < -0.39 is 5.91 Å². The van der Waals surface area contributed by atoms with Crippen molar-refractivity contribution in [2.75, 3.05) is 7.11 Å². The second-order valence-corrected chi connectivity index (χ2v) is 5.62. The maximum Gasteiger partial charge on any atom is 0.316 e. The minimum atomic E-state index is -0.390. The van der Waals surface area contributed by atoms with Crippen molar-refractivity contribution in [3.8, 4) is 17.3 Å². The molecule has 0 aliphatic rings. The summed E-state index contributed by atoms with van der Waals surface area (Å²) < 4.78 is 16.1. The molecular weight excluding hydrogens is 310 g/mol. The molecule has 0 fully saturated rings.